The van der Waals surface area contributed by atoms with E-state index in [0.717, 1.165) is 25.9 Å². The maximum absolute atomic E-state index is 12.4. The molecule has 2 saturated heterocycles. The lowest BCUT2D eigenvalue weighted by Gasteiger charge is -2.34. The van der Waals surface area contributed by atoms with E-state index in [1.807, 2.05) is 9.80 Å². The molecule has 2 aliphatic heterocycles. The van der Waals surface area contributed by atoms with Crippen LogP contribution in [0, 0.1) is 11.8 Å². The first-order valence-electron chi connectivity index (χ1n) is 7.91. The maximum Gasteiger partial charge on any atom is 0.226 e. The van der Waals surface area contributed by atoms with E-state index in [2.05, 4.69) is 0 Å². The van der Waals surface area contributed by atoms with Gasteiger partial charge >= 0.3 is 0 Å². The van der Waals surface area contributed by atoms with Crippen molar-refractivity contribution in [2.75, 3.05) is 39.3 Å². The van der Waals surface area contributed by atoms with Crippen LogP contribution in [0.1, 0.15) is 26.2 Å². The molecule has 0 aromatic rings. The van der Waals surface area contributed by atoms with Gasteiger partial charge in [-0.3, -0.25) is 14.4 Å². The largest absolute Gasteiger partial charge is 0.342 e. The summed E-state index contributed by atoms with van der Waals surface area (Å²) < 4.78 is 0. The summed E-state index contributed by atoms with van der Waals surface area (Å²) in [7, 11) is 0. The van der Waals surface area contributed by atoms with Crippen LogP contribution in [-0.4, -0.2) is 71.7 Å². The van der Waals surface area contributed by atoms with Crippen molar-refractivity contribution in [3.05, 3.63) is 0 Å². The van der Waals surface area contributed by atoms with Crippen molar-refractivity contribution in [2.24, 2.45) is 11.8 Å². The summed E-state index contributed by atoms with van der Waals surface area (Å²) in [5, 5.41) is 0. The molecule has 6 heteroatoms. The normalized spacial score (nSPS) is 28.7. The molecule has 0 radical (unpaired) electrons. The Kier molecular flexibility index (Phi) is 3.87. The highest BCUT2D eigenvalue weighted by Gasteiger charge is 2.51. The van der Waals surface area contributed by atoms with Crippen molar-refractivity contribution >= 4 is 17.7 Å². The van der Waals surface area contributed by atoms with E-state index in [4.69, 9.17) is 0 Å². The van der Waals surface area contributed by atoms with Gasteiger partial charge in [0.05, 0.1) is 11.8 Å². The minimum Gasteiger partial charge on any atom is -0.342 e. The van der Waals surface area contributed by atoms with Gasteiger partial charge in [0.15, 0.2) is 0 Å². The molecule has 2 heterocycles. The number of hydrogen-bond donors (Lipinski definition) is 0. The molecule has 2 atom stereocenters. The van der Waals surface area contributed by atoms with Crippen LogP contribution < -0.4 is 0 Å². The first-order chi connectivity index (χ1) is 10.1. The predicted molar refractivity (Wildman–Crippen MR) is 76.2 cm³/mol. The van der Waals surface area contributed by atoms with Gasteiger partial charge in [-0.1, -0.05) is 0 Å². The van der Waals surface area contributed by atoms with Gasteiger partial charge in [0.1, 0.15) is 0 Å². The first-order valence-corrected chi connectivity index (χ1v) is 7.91. The number of likely N-dealkylation sites (tertiary alicyclic amines) is 1. The Hall–Kier alpha value is -1.59. The summed E-state index contributed by atoms with van der Waals surface area (Å²) in [6.45, 7) is 5.68. The van der Waals surface area contributed by atoms with E-state index in [0.29, 0.717) is 32.6 Å². The highest BCUT2D eigenvalue weighted by molar-refractivity contribution is 5.92. The zero-order chi connectivity index (χ0) is 15.0. The average molecular weight is 293 g/mol. The second kappa shape index (κ2) is 5.66. The van der Waals surface area contributed by atoms with Crippen LogP contribution >= 0.6 is 0 Å². The van der Waals surface area contributed by atoms with Gasteiger partial charge < -0.3 is 14.7 Å². The summed E-state index contributed by atoms with van der Waals surface area (Å²) in [6, 6.07) is 0. The number of carbonyl (C=O) groups excluding carboxylic acids is 3. The Labute approximate surface area is 125 Å². The number of rotatable bonds is 2. The molecule has 3 rings (SSSR count). The lowest BCUT2D eigenvalue weighted by Crippen LogP contribution is -2.50. The fourth-order valence-electron chi connectivity index (χ4n) is 3.39. The standard InChI is InChI=1S/C15H23N3O3/c1-11(19)16-6-8-18(9-7-16)15(21)13-10-12(13)14(20)17-4-2-3-5-17/h12-13H,2-10H2,1H3. The third-order valence-electron chi connectivity index (χ3n) is 4.88. The molecular weight excluding hydrogens is 270 g/mol. The van der Waals surface area contributed by atoms with Gasteiger partial charge in [0, 0.05) is 46.2 Å². The third-order valence-corrected chi connectivity index (χ3v) is 4.88. The monoisotopic (exact) mass is 293 g/mol. The van der Waals surface area contributed by atoms with Crippen molar-refractivity contribution in [1.29, 1.82) is 0 Å². The molecule has 116 valence electrons. The van der Waals surface area contributed by atoms with Gasteiger partial charge in [0.25, 0.3) is 0 Å². The number of carbonyl (C=O) groups is 3. The Morgan fingerprint density at radius 2 is 1.14 bits per heavy atom. The smallest absolute Gasteiger partial charge is 0.226 e. The highest BCUT2D eigenvalue weighted by atomic mass is 16.2. The molecule has 0 N–H and O–H groups in total. The van der Waals surface area contributed by atoms with Gasteiger partial charge in [-0.15, -0.1) is 0 Å². The number of nitrogens with zero attached hydrogens (tertiary/aromatic N) is 3. The van der Waals surface area contributed by atoms with Crippen molar-refractivity contribution in [2.45, 2.75) is 26.2 Å². The lowest BCUT2D eigenvalue weighted by molar-refractivity contribution is -0.141. The molecule has 1 saturated carbocycles. The fourth-order valence-corrected chi connectivity index (χ4v) is 3.39. The number of amides is 3. The summed E-state index contributed by atoms with van der Waals surface area (Å²) in [5.41, 5.74) is 0. The molecule has 1 aliphatic carbocycles. The predicted octanol–water partition coefficient (Wildman–Crippen LogP) is -0.0644. The second-order valence-corrected chi connectivity index (χ2v) is 6.31. The molecule has 6 nitrogen and oxygen atoms in total. The van der Waals surface area contributed by atoms with Crippen molar-refractivity contribution < 1.29 is 14.4 Å². The van der Waals surface area contributed by atoms with E-state index >= 15 is 0 Å². The highest BCUT2D eigenvalue weighted by Crippen LogP contribution is 2.42. The number of hydrogen-bond acceptors (Lipinski definition) is 3. The Bertz CT molecular complexity index is 451. The summed E-state index contributed by atoms with van der Waals surface area (Å²) in [4.78, 5) is 41.4. The zero-order valence-electron chi connectivity index (χ0n) is 12.6. The maximum atomic E-state index is 12.4. The van der Waals surface area contributed by atoms with Crippen molar-refractivity contribution in [3.8, 4) is 0 Å². The van der Waals surface area contributed by atoms with Crippen molar-refractivity contribution in [3.63, 3.8) is 0 Å². The van der Waals surface area contributed by atoms with Crippen LogP contribution in [0.5, 0.6) is 0 Å². The lowest BCUT2D eigenvalue weighted by atomic mass is 10.2. The molecule has 2 unspecified atom stereocenters. The van der Waals surface area contributed by atoms with E-state index in [1.165, 1.54) is 0 Å². The van der Waals surface area contributed by atoms with Gasteiger partial charge in [-0.05, 0) is 19.3 Å². The molecule has 0 aromatic heterocycles. The second-order valence-electron chi connectivity index (χ2n) is 6.31. The average Bonchev–Trinajstić information content (AvgIpc) is 3.10. The summed E-state index contributed by atoms with van der Waals surface area (Å²) >= 11 is 0. The van der Waals surface area contributed by atoms with Crippen molar-refractivity contribution in [1.82, 2.24) is 14.7 Å². The molecule has 0 aromatic carbocycles. The van der Waals surface area contributed by atoms with Gasteiger partial charge in [-0.25, -0.2) is 0 Å². The Morgan fingerprint density at radius 3 is 1.62 bits per heavy atom. The van der Waals surface area contributed by atoms with Crippen LogP contribution in [0.2, 0.25) is 0 Å². The molecule has 3 aliphatic rings. The van der Waals surface area contributed by atoms with Gasteiger partial charge in [0.2, 0.25) is 17.7 Å². The summed E-state index contributed by atoms with van der Waals surface area (Å²) in [6.07, 6.45) is 2.88. The summed E-state index contributed by atoms with van der Waals surface area (Å²) in [5.74, 6) is 0.156. The first kappa shape index (κ1) is 14.4. The van der Waals surface area contributed by atoms with E-state index < -0.39 is 0 Å². The molecule has 3 amide bonds. The topological polar surface area (TPSA) is 60.9 Å². The quantitative estimate of drug-likeness (QED) is 0.716. The molecule has 0 bridgehead atoms. The number of piperazine rings is 1. The molecule has 0 spiro atoms. The third kappa shape index (κ3) is 2.89. The zero-order valence-corrected chi connectivity index (χ0v) is 12.6. The van der Waals surface area contributed by atoms with Crippen LogP contribution in [0.25, 0.3) is 0 Å². The molecule has 21 heavy (non-hydrogen) atoms. The molecular formula is C15H23N3O3. The minimum atomic E-state index is -0.109. The van der Waals surface area contributed by atoms with E-state index in [9.17, 15) is 14.4 Å². The van der Waals surface area contributed by atoms with Crippen LogP contribution in [0.15, 0.2) is 0 Å². The van der Waals surface area contributed by atoms with E-state index in [1.54, 1.807) is 11.8 Å². The van der Waals surface area contributed by atoms with E-state index in [-0.39, 0.29) is 29.6 Å². The SMILES string of the molecule is CC(=O)N1CCN(C(=O)C2CC2C(=O)N2CCCC2)CC1. The minimum absolute atomic E-state index is 0.0654. The Morgan fingerprint density at radius 1 is 0.714 bits per heavy atom. The van der Waals surface area contributed by atoms with Crippen LogP contribution in [0.4, 0.5) is 0 Å². The Balaban J connectivity index is 1.49. The van der Waals surface area contributed by atoms with Gasteiger partial charge in [-0.2, -0.15) is 0 Å². The van der Waals surface area contributed by atoms with Crippen LogP contribution in [0.3, 0.4) is 0 Å². The molecule has 3 fully saturated rings. The fraction of sp³-hybridized carbons (Fsp3) is 0.800. The van der Waals surface area contributed by atoms with Crippen LogP contribution in [-0.2, 0) is 14.4 Å².